The number of rotatable bonds is 8. The molecule has 0 atom stereocenters. The minimum Gasteiger partial charge on any atom is -0.485 e. The van der Waals surface area contributed by atoms with Gasteiger partial charge in [-0.2, -0.15) is 8.78 Å². The fourth-order valence-corrected chi connectivity index (χ4v) is 3.51. The summed E-state index contributed by atoms with van der Waals surface area (Å²) < 4.78 is 45.7. The molecule has 0 aromatic heterocycles. The van der Waals surface area contributed by atoms with Crippen molar-refractivity contribution in [3.8, 4) is 17.2 Å². The molecule has 0 bridgehead atoms. The molecule has 0 saturated heterocycles. The minimum atomic E-state index is -0.988. The quantitative estimate of drug-likeness (QED) is 0.271. The van der Waals surface area contributed by atoms with Gasteiger partial charge in [-0.15, -0.1) is 0 Å². The Morgan fingerprint density at radius 1 is 0.833 bits per heavy atom. The number of hydrogen-bond donors (Lipinski definition) is 0. The lowest BCUT2D eigenvalue weighted by atomic mass is 10.0. The minimum absolute atomic E-state index is 0.119. The largest absolute Gasteiger partial charge is 0.485 e. The summed E-state index contributed by atoms with van der Waals surface area (Å²) in [6, 6.07) is 10.2. The maximum atomic E-state index is 14.0. The zero-order chi connectivity index (χ0) is 26.0. The first-order valence-electron chi connectivity index (χ1n) is 10.7. The number of fused-ring (bicyclic) bond motifs is 1. The first kappa shape index (κ1) is 24.6. The highest BCUT2D eigenvalue weighted by Gasteiger charge is 2.24. The third-order valence-electron chi connectivity index (χ3n) is 5.32. The molecule has 1 aliphatic rings. The molecule has 0 aliphatic carbocycles. The standard InChI is InChI=1S/C25H20F2N2O7/c1-25(2)8-7-17-11-23(34-13-15-3-5-20(28(30)31)18(26)9-15)24(12-22(17)36-25)35-14-16-4-6-21(29(32)33)19(27)10-16/h3-12H,13-14H2,1-2H3. The summed E-state index contributed by atoms with van der Waals surface area (Å²) >= 11 is 0. The normalized spacial score (nSPS) is 13.4. The summed E-state index contributed by atoms with van der Waals surface area (Å²) in [5.41, 5.74) is -0.448. The van der Waals surface area contributed by atoms with Gasteiger partial charge in [-0.1, -0.05) is 6.08 Å². The van der Waals surface area contributed by atoms with Crippen LogP contribution in [0.2, 0.25) is 0 Å². The van der Waals surface area contributed by atoms with Gasteiger partial charge in [0.15, 0.2) is 11.5 Å². The van der Waals surface area contributed by atoms with Crippen LogP contribution in [0.25, 0.3) is 6.08 Å². The van der Waals surface area contributed by atoms with Crippen LogP contribution in [0, 0.1) is 31.9 Å². The Morgan fingerprint density at radius 2 is 1.33 bits per heavy atom. The Bertz CT molecular complexity index is 1390. The van der Waals surface area contributed by atoms with E-state index >= 15 is 0 Å². The van der Waals surface area contributed by atoms with Gasteiger partial charge in [-0.05, 0) is 61.4 Å². The predicted molar refractivity (Wildman–Crippen MR) is 125 cm³/mol. The lowest BCUT2D eigenvalue weighted by molar-refractivity contribution is -0.387. The highest BCUT2D eigenvalue weighted by molar-refractivity contribution is 5.66. The number of ether oxygens (including phenoxy) is 3. The highest BCUT2D eigenvalue weighted by Crippen LogP contribution is 2.40. The van der Waals surface area contributed by atoms with E-state index in [2.05, 4.69) is 0 Å². The van der Waals surface area contributed by atoms with E-state index in [0.29, 0.717) is 22.4 Å². The SMILES string of the molecule is CC1(C)C=Cc2cc(OCc3ccc([N+](=O)[O-])c(F)c3)c(OCc3ccc([N+](=O)[O-])c(F)c3)cc2O1. The van der Waals surface area contributed by atoms with E-state index < -0.39 is 38.5 Å². The average molecular weight is 498 g/mol. The van der Waals surface area contributed by atoms with E-state index in [1.165, 1.54) is 12.1 Å². The molecule has 0 radical (unpaired) electrons. The molecule has 3 aromatic carbocycles. The summed E-state index contributed by atoms with van der Waals surface area (Å²) in [4.78, 5) is 20.1. The van der Waals surface area contributed by atoms with Gasteiger partial charge in [0.25, 0.3) is 0 Å². The van der Waals surface area contributed by atoms with Crippen molar-refractivity contribution in [1.29, 1.82) is 0 Å². The van der Waals surface area contributed by atoms with E-state index in [-0.39, 0.29) is 24.7 Å². The monoisotopic (exact) mass is 498 g/mol. The number of benzene rings is 3. The second kappa shape index (κ2) is 9.61. The number of hydrogen-bond acceptors (Lipinski definition) is 7. The summed E-state index contributed by atoms with van der Waals surface area (Å²) in [6.45, 7) is 3.50. The van der Waals surface area contributed by atoms with E-state index in [4.69, 9.17) is 14.2 Å². The van der Waals surface area contributed by atoms with Crippen LogP contribution in [0.5, 0.6) is 17.2 Å². The summed E-state index contributed by atoms with van der Waals surface area (Å²) in [6.07, 6.45) is 3.72. The van der Waals surface area contributed by atoms with Crippen LogP contribution in [0.1, 0.15) is 30.5 Å². The zero-order valence-electron chi connectivity index (χ0n) is 19.2. The Hall–Kier alpha value is -4.54. The maximum absolute atomic E-state index is 14.0. The second-order valence-corrected chi connectivity index (χ2v) is 8.54. The molecular weight excluding hydrogens is 478 g/mol. The van der Waals surface area contributed by atoms with E-state index in [9.17, 15) is 29.0 Å². The van der Waals surface area contributed by atoms with Gasteiger partial charge < -0.3 is 14.2 Å². The molecule has 0 fully saturated rings. The topological polar surface area (TPSA) is 114 Å². The number of halogens is 2. The molecule has 0 unspecified atom stereocenters. The van der Waals surface area contributed by atoms with Gasteiger partial charge in [-0.3, -0.25) is 20.2 Å². The maximum Gasteiger partial charge on any atom is 0.304 e. The molecule has 1 aliphatic heterocycles. The molecule has 186 valence electrons. The molecular formula is C25H20F2N2O7. The van der Waals surface area contributed by atoms with Crippen molar-refractivity contribution in [2.24, 2.45) is 0 Å². The van der Waals surface area contributed by atoms with Crippen LogP contribution < -0.4 is 14.2 Å². The van der Waals surface area contributed by atoms with Crippen LogP contribution in [0.3, 0.4) is 0 Å². The van der Waals surface area contributed by atoms with Crippen LogP contribution in [-0.4, -0.2) is 15.4 Å². The van der Waals surface area contributed by atoms with Crippen LogP contribution >= 0.6 is 0 Å². The highest BCUT2D eigenvalue weighted by atomic mass is 19.1. The molecule has 4 rings (SSSR count). The van der Waals surface area contributed by atoms with Crippen molar-refractivity contribution in [3.05, 3.63) is 103 Å². The van der Waals surface area contributed by atoms with E-state index in [0.717, 1.165) is 24.3 Å². The summed E-state index contributed by atoms with van der Waals surface area (Å²) in [5, 5.41) is 21.7. The number of nitrogens with zero attached hydrogens (tertiary/aromatic N) is 2. The van der Waals surface area contributed by atoms with Gasteiger partial charge in [0, 0.05) is 23.8 Å². The van der Waals surface area contributed by atoms with E-state index in [1.54, 1.807) is 12.1 Å². The molecule has 9 nitrogen and oxygen atoms in total. The van der Waals surface area contributed by atoms with Crippen molar-refractivity contribution >= 4 is 17.5 Å². The van der Waals surface area contributed by atoms with Gasteiger partial charge in [-0.25, -0.2) is 0 Å². The van der Waals surface area contributed by atoms with Gasteiger partial charge >= 0.3 is 11.4 Å². The second-order valence-electron chi connectivity index (χ2n) is 8.54. The number of nitro benzene ring substituents is 2. The third kappa shape index (κ3) is 5.40. The molecule has 0 saturated carbocycles. The summed E-state index contributed by atoms with van der Waals surface area (Å²) in [7, 11) is 0. The fourth-order valence-electron chi connectivity index (χ4n) is 3.51. The lowest BCUT2D eigenvalue weighted by Gasteiger charge is -2.28. The Balaban J connectivity index is 1.59. The van der Waals surface area contributed by atoms with Crippen molar-refractivity contribution in [1.82, 2.24) is 0 Å². The van der Waals surface area contributed by atoms with E-state index in [1.807, 2.05) is 26.0 Å². The molecule has 0 amide bonds. The molecule has 3 aromatic rings. The average Bonchev–Trinajstić information content (AvgIpc) is 2.80. The Kier molecular flexibility index (Phi) is 6.56. The predicted octanol–water partition coefficient (Wildman–Crippen LogP) is 6.12. The first-order chi connectivity index (χ1) is 17.0. The van der Waals surface area contributed by atoms with Crippen molar-refractivity contribution < 1.29 is 32.8 Å². The van der Waals surface area contributed by atoms with Crippen LogP contribution in [-0.2, 0) is 13.2 Å². The zero-order valence-corrected chi connectivity index (χ0v) is 19.2. The van der Waals surface area contributed by atoms with Gasteiger partial charge in [0.2, 0.25) is 11.6 Å². The molecule has 0 N–H and O–H groups in total. The Labute approximate surface area is 203 Å². The van der Waals surface area contributed by atoms with Crippen molar-refractivity contribution in [2.45, 2.75) is 32.7 Å². The molecule has 1 heterocycles. The van der Waals surface area contributed by atoms with Gasteiger partial charge in [0.05, 0.1) is 9.85 Å². The lowest BCUT2D eigenvalue weighted by Crippen LogP contribution is -2.27. The smallest absolute Gasteiger partial charge is 0.304 e. The van der Waals surface area contributed by atoms with Crippen LogP contribution in [0.4, 0.5) is 20.2 Å². The van der Waals surface area contributed by atoms with Crippen LogP contribution in [0.15, 0.2) is 54.6 Å². The molecule has 36 heavy (non-hydrogen) atoms. The van der Waals surface area contributed by atoms with Crippen molar-refractivity contribution in [3.63, 3.8) is 0 Å². The Morgan fingerprint density at radius 3 is 1.81 bits per heavy atom. The number of nitro groups is 2. The molecule has 11 heteroatoms. The van der Waals surface area contributed by atoms with Crippen molar-refractivity contribution in [2.75, 3.05) is 0 Å². The molecule has 0 spiro atoms. The third-order valence-corrected chi connectivity index (χ3v) is 5.32. The summed E-state index contributed by atoms with van der Waals surface area (Å²) in [5.74, 6) is -0.954. The fraction of sp³-hybridized carbons (Fsp3) is 0.200. The first-order valence-corrected chi connectivity index (χ1v) is 10.7. The van der Waals surface area contributed by atoms with Gasteiger partial charge in [0.1, 0.15) is 24.6 Å².